The molecule has 0 aliphatic carbocycles. The van der Waals surface area contributed by atoms with Gasteiger partial charge in [-0.2, -0.15) is 0 Å². The van der Waals surface area contributed by atoms with Gasteiger partial charge < -0.3 is 9.84 Å². The smallest absolute Gasteiger partial charge is 0.123 e. The van der Waals surface area contributed by atoms with Gasteiger partial charge in [-0.05, 0) is 53.3 Å². The first kappa shape index (κ1) is 18.2. The van der Waals surface area contributed by atoms with E-state index in [4.69, 9.17) is 4.74 Å². The number of aliphatic hydroxyl groups is 1. The Morgan fingerprint density at radius 3 is 2.67 bits per heavy atom. The molecule has 4 rings (SSSR count). The van der Waals surface area contributed by atoms with Gasteiger partial charge in [-0.25, -0.2) is 4.39 Å². The Balaban J connectivity index is 1.46. The maximum Gasteiger partial charge on any atom is 0.123 e. The van der Waals surface area contributed by atoms with Gasteiger partial charge in [-0.1, -0.05) is 30.3 Å². The molecule has 0 saturated heterocycles. The lowest BCUT2D eigenvalue weighted by molar-refractivity contribution is 0.0557. The van der Waals surface area contributed by atoms with Crippen molar-refractivity contribution < 1.29 is 14.2 Å². The first-order valence-corrected chi connectivity index (χ1v) is 10.0. The van der Waals surface area contributed by atoms with E-state index in [1.54, 1.807) is 12.1 Å². The summed E-state index contributed by atoms with van der Waals surface area (Å²) >= 11 is 1.81. The average molecular weight is 383 g/mol. The third-order valence-electron chi connectivity index (χ3n) is 4.88. The van der Waals surface area contributed by atoms with Crippen molar-refractivity contribution in [3.8, 4) is 5.75 Å². The number of ether oxygens (including phenoxy) is 1. The molecule has 27 heavy (non-hydrogen) atoms. The Morgan fingerprint density at radius 1 is 1.11 bits per heavy atom. The van der Waals surface area contributed by atoms with E-state index >= 15 is 0 Å². The van der Waals surface area contributed by atoms with Crippen LogP contribution in [0.2, 0.25) is 0 Å². The lowest BCUT2D eigenvalue weighted by atomic mass is 9.93. The quantitative estimate of drug-likeness (QED) is 0.690. The highest BCUT2D eigenvalue weighted by Gasteiger charge is 2.30. The Labute approximate surface area is 162 Å². The minimum absolute atomic E-state index is 0.154. The van der Waals surface area contributed by atoms with Crippen molar-refractivity contribution in [1.29, 1.82) is 0 Å². The summed E-state index contributed by atoms with van der Waals surface area (Å²) in [6, 6.07) is 18.7. The van der Waals surface area contributed by atoms with Crippen molar-refractivity contribution >= 4 is 11.3 Å². The van der Waals surface area contributed by atoms with Crippen molar-refractivity contribution in [2.75, 3.05) is 19.7 Å². The van der Waals surface area contributed by atoms with Gasteiger partial charge in [0.05, 0.1) is 6.04 Å². The Kier molecular flexibility index (Phi) is 5.53. The van der Waals surface area contributed by atoms with Gasteiger partial charge in [-0.15, -0.1) is 11.3 Å². The molecule has 0 fully saturated rings. The zero-order chi connectivity index (χ0) is 18.6. The summed E-state index contributed by atoms with van der Waals surface area (Å²) in [7, 11) is 0. The molecule has 0 saturated carbocycles. The maximum absolute atomic E-state index is 13.0. The van der Waals surface area contributed by atoms with Crippen molar-refractivity contribution in [3.05, 3.63) is 87.9 Å². The van der Waals surface area contributed by atoms with Crippen LogP contribution in [0, 0.1) is 5.82 Å². The first-order valence-electron chi connectivity index (χ1n) is 9.12. The molecule has 140 valence electrons. The van der Waals surface area contributed by atoms with Crippen molar-refractivity contribution in [2.24, 2.45) is 0 Å². The average Bonchev–Trinajstić information content (AvgIpc) is 3.17. The molecular weight excluding hydrogens is 361 g/mol. The number of halogens is 1. The Morgan fingerprint density at radius 2 is 1.89 bits per heavy atom. The molecule has 3 nitrogen and oxygen atoms in total. The van der Waals surface area contributed by atoms with E-state index in [9.17, 15) is 9.50 Å². The van der Waals surface area contributed by atoms with E-state index in [1.807, 2.05) is 17.4 Å². The Bertz CT molecular complexity index is 866. The minimum Gasteiger partial charge on any atom is -0.491 e. The van der Waals surface area contributed by atoms with E-state index in [-0.39, 0.29) is 18.5 Å². The molecule has 0 bridgehead atoms. The number of benzene rings is 2. The summed E-state index contributed by atoms with van der Waals surface area (Å²) in [6.45, 7) is 1.61. The predicted octanol–water partition coefficient (Wildman–Crippen LogP) is 4.27. The number of aliphatic hydroxyl groups excluding tert-OH is 1. The monoisotopic (exact) mass is 383 g/mol. The number of nitrogens with zero attached hydrogens (tertiary/aromatic N) is 1. The third-order valence-corrected chi connectivity index (χ3v) is 5.88. The fourth-order valence-electron chi connectivity index (χ4n) is 3.64. The molecular formula is C22H22FNO2S. The SMILES string of the molecule is O[C@H](COc1ccc(F)cc1)CN1CCc2sccc2[C@@H]1c1ccccc1. The third kappa shape index (κ3) is 4.21. The summed E-state index contributed by atoms with van der Waals surface area (Å²) in [5.74, 6) is 0.266. The van der Waals surface area contributed by atoms with Crippen LogP contribution < -0.4 is 4.74 Å². The molecule has 0 amide bonds. The first-order chi connectivity index (χ1) is 13.2. The fourth-order valence-corrected chi connectivity index (χ4v) is 4.54. The van der Waals surface area contributed by atoms with Crippen LogP contribution in [0.5, 0.6) is 5.75 Å². The highest BCUT2D eigenvalue weighted by Crippen LogP contribution is 2.37. The zero-order valence-electron chi connectivity index (χ0n) is 14.9. The van der Waals surface area contributed by atoms with Gasteiger partial charge >= 0.3 is 0 Å². The molecule has 3 aromatic rings. The van der Waals surface area contributed by atoms with Gasteiger partial charge in [0.2, 0.25) is 0 Å². The molecule has 0 unspecified atom stereocenters. The lowest BCUT2D eigenvalue weighted by Gasteiger charge is -2.37. The number of thiophene rings is 1. The van der Waals surface area contributed by atoms with Gasteiger partial charge in [0.1, 0.15) is 24.3 Å². The summed E-state index contributed by atoms with van der Waals surface area (Å²) < 4.78 is 18.6. The zero-order valence-corrected chi connectivity index (χ0v) is 15.7. The molecule has 2 aromatic carbocycles. The maximum atomic E-state index is 13.0. The van der Waals surface area contributed by atoms with E-state index < -0.39 is 6.10 Å². The van der Waals surface area contributed by atoms with Crippen LogP contribution in [0.1, 0.15) is 22.0 Å². The van der Waals surface area contributed by atoms with Gasteiger partial charge in [0.15, 0.2) is 0 Å². The van der Waals surface area contributed by atoms with E-state index in [0.717, 1.165) is 13.0 Å². The molecule has 1 N–H and O–H groups in total. The number of rotatable bonds is 6. The summed E-state index contributed by atoms with van der Waals surface area (Å²) in [6.07, 6.45) is 0.378. The minimum atomic E-state index is -0.624. The normalized spacial score (nSPS) is 18.1. The van der Waals surface area contributed by atoms with E-state index in [1.165, 1.54) is 28.1 Å². The molecule has 5 heteroatoms. The van der Waals surface area contributed by atoms with Crippen molar-refractivity contribution in [2.45, 2.75) is 18.6 Å². The van der Waals surface area contributed by atoms with Crippen LogP contribution in [0.3, 0.4) is 0 Å². The molecule has 1 aromatic heterocycles. The van der Waals surface area contributed by atoms with E-state index in [0.29, 0.717) is 12.3 Å². The number of hydrogen-bond donors (Lipinski definition) is 1. The van der Waals surface area contributed by atoms with Crippen molar-refractivity contribution in [1.82, 2.24) is 4.90 Å². The number of β-amino-alcohol motifs (C(OH)–C–C–N with tert-alkyl or cyclic N) is 1. The van der Waals surface area contributed by atoms with Crippen LogP contribution in [-0.4, -0.2) is 35.8 Å². The van der Waals surface area contributed by atoms with Crippen LogP contribution in [0.4, 0.5) is 4.39 Å². The summed E-state index contributed by atoms with van der Waals surface area (Å²) in [5, 5.41) is 12.7. The fraction of sp³-hybridized carbons (Fsp3) is 0.273. The Hall–Kier alpha value is -2.21. The van der Waals surface area contributed by atoms with Gasteiger partial charge in [0.25, 0.3) is 0 Å². The number of hydrogen-bond acceptors (Lipinski definition) is 4. The van der Waals surface area contributed by atoms with Crippen molar-refractivity contribution in [3.63, 3.8) is 0 Å². The van der Waals surface area contributed by atoms with Gasteiger partial charge in [0, 0.05) is 18.0 Å². The molecule has 0 spiro atoms. The number of fused-ring (bicyclic) bond motifs is 1. The second-order valence-electron chi connectivity index (χ2n) is 6.78. The van der Waals surface area contributed by atoms with Gasteiger partial charge in [-0.3, -0.25) is 4.90 Å². The largest absolute Gasteiger partial charge is 0.491 e. The lowest BCUT2D eigenvalue weighted by Crippen LogP contribution is -2.42. The summed E-state index contributed by atoms with van der Waals surface area (Å²) in [4.78, 5) is 3.75. The molecule has 1 aliphatic rings. The molecule has 2 heterocycles. The second kappa shape index (κ2) is 8.21. The standard InChI is InChI=1S/C22H22FNO2S/c23-17-6-8-19(9-7-17)26-15-18(25)14-24-12-10-21-20(11-13-27-21)22(24)16-4-2-1-3-5-16/h1-9,11,13,18,22,25H,10,12,14-15H2/t18-,22-/m0/s1. The molecule has 0 radical (unpaired) electrons. The highest BCUT2D eigenvalue weighted by atomic mass is 32.1. The summed E-state index contributed by atoms with van der Waals surface area (Å²) in [5.41, 5.74) is 2.58. The van der Waals surface area contributed by atoms with E-state index in [2.05, 4.69) is 40.6 Å². The van der Waals surface area contributed by atoms with Crippen LogP contribution in [0.15, 0.2) is 66.0 Å². The van der Waals surface area contributed by atoms with Crippen LogP contribution in [-0.2, 0) is 6.42 Å². The molecule has 1 aliphatic heterocycles. The topological polar surface area (TPSA) is 32.7 Å². The highest BCUT2D eigenvalue weighted by molar-refractivity contribution is 7.10. The predicted molar refractivity (Wildman–Crippen MR) is 106 cm³/mol. The molecule has 2 atom stereocenters. The van der Waals surface area contributed by atoms with Crippen LogP contribution in [0.25, 0.3) is 0 Å². The second-order valence-corrected chi connectivity index (χ2v) is 7.78. The van der Waals surface area contributed by atoms with Crippen LogP contribution >= 0.6 is 11.3 Å².